The summed E-state index contributed by atoms with van der Waals surface area (Å²) in [5.41, 5.74) is 3.24. The van der Waals surface area contributed by atoms with E-state index in [-0.39, 0.29) is 28.2 Å². The highest BCUT2D eigenvalue weighted by molar-refractivity contribution is 6.30. The molecule has 4 rings (SSSR count). The molecule has 0 saturated carbocycles. The SMILES string of the molecule is COC(=O)CC1CCN(C(=O)c2ccc3c(n2)c(C(C)(C)C)cn3-c2ccc(Cl)c(F)c2)CC1. The number of fused-ring (bicyclic) bond motifs is 1. The summed E-state index contributed by atoms with van der Waals surface area (Å²) in [6, 6.07) is 8.27. The highest BCUT2D eigenvalue weighted by atomic mass is 35.5. The Kier molecular flexibility index (Phi) is 6.67. The Bertz CT molecular complexity index is 1240. The molecule has 6 nitrogen and oxygen atoms in total. The number of methoxy groups -OCH3 is 1. The van der Waals surface area contributed by atoms with Crippen molar-refractivity contribution >= 4 is 34.5 Å². The van der Waals surface area contributed by atoms with Gasteiger partial charge >= 0.3 is 5.97 Å². The van der Waals surface area contributed by atoms with Crippen molar-refractivity contribution in [1.29, 1.82) is 0 Å². The van der Waals surface area contributed by atoms with Crippen LogP contribution in [0.4, 0.5) is 4.39 Å². The molecule has 0 unspecified atom stereocenters. The molecule has 3 heterocycles. The van der Waals surface area contributed by atoms with Gasteiger partial charge in [0.15, 0.2) is 0 Å². The van der Waals surface area contributed by atoms with Crippen LogP contribution in [0.5, 0.6) is 0 Å². The quantitative estimate of drug-likeness (QED) is 0.456. The van der Waals surface area contributed by atoms with E-state index in [0.717, 1.165) is 23.9 Å². The lowest BCUT2D eigenvalue weighted by Crippen LogP contribution is -2.39. The Labute approximate surface area is 203 Å². The summed E-state index contributed by atoms with van der Waals surface area (Å²) in [4.78, 5) is 31.4. The molecule has 0 bridgehead atoms. The Morgan fingerprint density at radius 1 is 1.18 bits per heavy atom. The fourth-order valence-electron chi connectivity index (χ4n) is 4.44. The first-order valence-electron chi connectivity index (χ1n) is 11.4. The van der Waals surface area contributed by atoms with E-state index >= 15 is 0 Å². The zero-order valence-electron chi connectivity index (χ0n) is 19.9. The molecule has 1 amide bonds. The topological polar surface area (TPSA) is 64.4 Å². The molecule has 0 radical (unpaired) electrons. The second-order valence-electron chi connectivity index (χ2n) is 9.84. The molecule has 0 N–H and O–H groups in total. The molecule has 8 heteroatoms. The van der Waals surface area contributed by atoms with Gasteiger partial charge in [-0.3, -0.25) is 9.59 Å². The van der Waals surface area contributed by atoms with Gasteiger partial charge in [0.05, 0.1) is 23.2 Å². The monoisotopic (exact) mass is 485 g/mol. The standard InChI is InChI=1S/C26H29ClFN3O3/c1-26(2,3)18-15-31(17-5-6-19(27)20(28)14-17)22-8-7-21(29-24(18)22)25(33)30-11-9-16(10-12-30)13-23(32)34-4/h5-8,14-16H,9-13H2,1-4H3. The van der Waals surface area contributed by atoms with E-state index in [1.165, 1.54) is 19.2 Å². The van der Waals surface area contributed by atoms with Crippen molar-refractivity contribution < 1.29 is 18.7 Å². The van der Waals surface area contributed by atoms with Gasteiger partial charge in [0.2, 0.25) is 0 Å². The van der Waals surface area contributed by atoms with Crippen LogP contribution in [0, 0.1) is 11.7 Å². The number of benzene rings is 1. The first kappa shape index (κ1) is 24.2. The van der Waals surface area contributed by atoms with Crippen LogP contribution in [0.3, 0.4) is 0 Å². The molecule has 0 aliphatic carbocycles. The Balaban J connectivity index is 1.65. The molecular weight excluding hydrogens is 457 g/mol. The first-order valence-corrected chi connectivity index (χ1v) is 11.8. The number of likely N-dealkylation sites (tertiary alicyclic amines) is 1. The smallest absolute Gasteiger partial charge is 0.305 e. The number of hydrogen-bond donors (Lipinski definition) is 0. The number of carbonyl (C=O) groups is 2. The molecule has 1 fully saturated rings. The van der Waals surface area contributed by atoms with Crippen molar-refractivity contribution in [3.8, 4) is 5.69 Å². The minimum atomic E-state index is -0.492. The second kappa shape index (κ2) is 9.37. The van der Waals surface area contributed by atoms with Crippen LogP contribution >= 0.6 is 11.6 Å². The molecule has 1 saturated heterocycles. The van der Waals surface area contributed by atoms with Crippen molar-refractivity contribution in [2.24, 2.45) is 5.92 Å². The third-order valence-electron chi connectivity index (χ3n) is 6.44. The third kappa shape index (κ3) is 4.80. The van der Waals surface area contributed by atoms with Crippen LogP contribution in [0.1, 0.15) is 56.1 Å². The lowest BCUT2D eigenvalue weighted by atomic mass is 9.88. The lowest BCUT2D eigenvalue weighted by molar-refractivity contribution is -0.142. The summed E-state index contributed by atoms with van der Waals surface area (Å²) in [7, 11) is 1.39. The van der Waals surface area contributed by atoms with Gasteiger partial charge in [-0.2, -0.15) is 0 Å². The number of carbonyl (C=O) groups excluding carboxylic acids is 2. The average Bonchev–Trinajstić information content (AvgIpc) is 3.20. The lowest BCUT2D eigenvalue weighted by Gasteiger charge is -2.31. The highest BCUT2D eigenvalue weighted by Crippen LogP contribution is 2.33. The number of nitrogens with zero attached hydrogens (tertiary/aromatic N) is 3. The summed E-state index contributed by atoms with van der Waals surface area (Å²) in [6.45, 7) is 7.40. The van der Waals surface area contributed by atoms with Gasteiger partial charge in [0, 0.05) is 37.0 Å². The van der Waals surface area contributed by atoms with Crippen LogP contribution in [0.15, 0.2) is 36.5 Å². The third-order valence-corrected chi connectivity index (χ3v) is 6.75. The zero-order valence-corrected chi connectivity index (χ0v) is 20.7. The fourth-order valence-corrected chi connectivity index (χ4v) is 4.56. The molecular formula is C26H29ClFN3O3. The number of ether oxygens (including phenoxy) is 1. The maximum atomic E-state index is 14.2. The van der Waals surface area contributed by atoms with E-state index in [0.29, 0.717) is 36.4 Å². The number of pyridine rings is 1. The van der Waals surface area contributed by atoms with E-state index < -0.39 is 5.82 Å². The molecule has 1 aliphatic heterocycles. The van der Waals surface area contributed by atoms with Crippen LogP contribution in [0.2, 0.25) is 5.02 Å². The van der Waals surface area contributed by atoms with E-state index in [2.05, 4.69) is 20.8 Å². The van der Waals surface area contributed by atoms with Crippen molar-refractivity contribution in [1.82, 2.24) is 14.5 Å². The Morgan fingerprint density at radius 2 is 1.88 bits per heavy atom. The predicted octanol–water partition coefficient (Wildman–Crippen LogP) is 5.53. The number of halogens is 2. The van der Waals surface area contributed by atoms with Crippen molar-refractivity contribution in [2.75, 3.05) is 20.2 Å². The molecule has 0 atom stereocenters. The van der Waals surface area contributed by atoms with E-state index in [4.69, 9.17) is 21.3 Å². The maximum absolute atomic E-state index is 14.2. The summed E-state index contributed by atoms with van der Waals surface area (Å²) < 4.78 is 20.8. The van der Waals surface area contributed by atoms with Gasteiger partial charge in [-0.1, -0.05) is 32.4 Å². The molecule has 1 aliphatic rings. The highest BCUT2D eigenvalue weighted by Gasteiger charge is 2.28. The number of rotatable bonds is 4. The predicted molar refractivity (Wildman–Crippen MR) is 130 cm³/mol. The van der Waals surface area contributed by atoms with Crippen molar-refractivity contribution in [2.45, 2.75) is 45.4 Å². The summed E-state index contributed by atoms with van der Waals surface area (Å²) in [5, 5.41) is 0.0672. The van der Waals surface area contributed by atoms with E-state index in [1.807, 2.05) is 16.8 Å². The number of hydrogen-bond acceptors (Lipinski definition) is 4. The molecule has 3 aromatic rings. The zero-order chi connectivity index (χ0) is 24.6. The fraction of sp³-hybridized carbons (Fsp3) is 0.423. The number of amides is 1. The van der Waals surface area contributed by atoms with Gasteiger partial charge in [-0.25, -0.2) is 9.37 Å². The number of aromatic nitrogens is 2. The van der Waals surface area contributed by atoms with Crippen LogP contribution in [-0.2, 0) is 14.9 Å². The first-order chi connectivity index (χ1) is 16.1. The molecule has 2 aromatic heterocycles. The van der Waals surface area contributed by atoms with Gasteiger partial charge in [0.1, 0.15) is 11.5 Å². The summed E-state index contributed by atoms with van der Waals surface area (Å²) in [5.74, 6) is -0.595. The van der Waals surface area contributed by atoms with E-state index in [1.54, 1.807) is 17.0 Å². The second-order valence-corrected chi connectivity index (χ2v) is 10.2. The molecule has 34 heavy (non-hydrogen) atoms. The van der Waals surface area contributed by atoms with Crippen LogP contribution in [0.25, 0.3) is 16.7 Å². The number of piperidine rings is 1. The van der Waals surface area contributed by atoms with Crippen molar-refractivity contribution in [3.63, 3.8) is 0 Å². The van der Waals surface area contributed by atoms with Gasteiger partial charge in [-0.15, -0.1) is 0 Å². The van der Waals surface area contributed by atoms with Crippen LogP contribution < -0.4 is 0 Å². The molecule has 1 aromatic carbocycles. The van der Waals surface area contributed by atoms with Crippen molar-refractivity contribution in [3.05, 3.63) is 58.6 Å². The molecule has 0 spiro atoms. The van der Waals surface area contributed by atoms with Crippen LogP contribution in [-0.4, -0.2) is 46.5 Å². The Hall–Kier alpha value is -2.93. The van der Waals surface area contributed by atoms with Gasteiger partial charge in [-0.05, 0) is 54.5 Å². The minimum absolute atomic E-state index is 0.0672. The summed E-state index contributed by atoms with van der Waals surface area (Å²) >= 11 is 5.87. The van der Waals surface area contributed by atoms with Gasteiger partial charge in [0.25, 0.3) is 5.91 Å². The largest absolute Gasteiger partial charge is 0.469 e. The minimum Gasteiger partial charge on any atom is -0.469 e. The maximum Gasteiger partial charge on any atom is 0.305 e. The average molecular weight is 486 g/mol. The normalized spacial score (nSPS) is 15.1. The van der Waals surface area contributed by atoms with E-state index in [9.17, 15) is 14.0 Å². The summed E-state index contributed by atoms with van der Waals surface area (Å²) in [6.07, 6.45) is 3.85. The Morgan fingerprint density at radius 3 is 2.50 bits per heavy atom. The number of esters is 1. The molecule has 180 valence electrons. The van der Waals surface area contributed by atoms with Gasteiger partial charge < -0.3 is 14.2 Å².